The molecule has 0 aromatic carbocycles. The second-order valence-corrected chi connectivity index (χ2v) is 3.66. The van der Waals surface area contributed by atoms with Gasteiger partial charge in [0.25, 0.3) is 0 Å². The first-order valence-electron chi connectivity index (χ1n) is 4.99. The summed E-state index contributed by atoms with van der Waals surface area (Å²) in [5.74, 6) is -0.894. The number of hydrogen-bond donors (Lipinski definition) is 2. The Balaban J connectivity index is 2.88. The van der Waals surface area contributed by atoms with E-state index in [1.807, 2.05) is 0 Å². The average Bonchev–Trinajstić information content (AvgIpc) is 2.27. The fourth-order valence-corrected chi connectivity index (χ4v) is 1.44. The van der Waals surface area contributed by atoms with Crippen LogP contribution >= 0.6 is 11.6 Å². The number of carbonyl (C=O) groups is 1. The molecule has 0 aliphatic heterocycles. The number of ether oxygens (including phenoxy) is 1. The lowest BCUT2D eigenvalue weighted by atomic mass is 10.1. The summed E-state index contributed by atoms with van der Waals surface area (Å²) >= 11 is 5.56. The van der Waals surface area contributed by atoms with E-state index in [0.717, 1.165) is 0 Å². The zero-order chi connectivity index (χ0) is 13.0. The number of aryl methyl sites for hydroxylation is 1. The SMILES string of the molecule is CCOC(=O)C(O)C(O)c1cnc(Cl)nc1C. The standard InChI is InChI=1S/C10H13ClN2O4/c1-3-17-9(16)8(15)7(14)6-4-12-10(11)13-5(6)2/h4,7-8,14-15H,3H2,1-2H3. The van der Waals surface area contributed by atoms with Gasteiger partial charge in [-0.15, -0.1) is 0 Å². The minimum Gasteiger partial charge on any atom is -0.464 e. The maximum absolute atomic E-state index is 11.2. The molecule has 1 heterocycles. The van der Waals surface area contributed by atoms with Gasteiger partial charge in [0.2, 0.25) is 5.28 Å². The zero-order valence-corrected chi connectivity index (χ0v) is 10.2. The summed E-state index contributed by atoms with van der Waals surface area (Å²) in [6.07, 6.45) is -1.85. The first-order chi connectivity index (χ1) is 7.97. The molecule has 0 radical (unpaired) electrons. The molecule has 0 amide bonds. The molecule has 7 heteroatoms. The second-order valence-electron chi connectivity index (χ2n) is 3.32. The van der Waals surface area contributed by atoms with Crippen LogP contribution in [0.2, 0.25) is 5.28 Å². The van der Waals surface area contributed by atoms with Crippen LogP contribution in [0, 0.1) is 6.92 Å². The summed E-state index contributed by atoms with van der Waals surface area (Å²) in [5.41, 5.74) is 0.621. The van der Waals surface area contributed by atoms with E-state index in [1.54, 1.807) is 13.8 Å². The van der Waals surface area contributed by atoms with Crippen molar-refractivity contribution in [1.82, 2.24) is 9.97 Å². The molecule has 0 fully saturated rings. The number of carbonyl (C=O) groups excluding carboxylic acids is 1. The highest BCUT2D eigenvalue weighted by Crippen LogP contribution is 2.20. The molecule has 2 unspecified atom stereocenters. The highest BCUT2D eigenvalue weighted by atomic mass is 35.5. The van der Waals surface area contributed by atoms with Crippen molar-refractivity contribution in [1.29, 1.82) is 0 Å². The summed E-state index contributed by atoms with van der Waals surface area (Å²) in [6, 6.07) is 0. The van der Waals surface area contributed by atoms with Crippen molar-refractivity contribution in [3.63, 3.8) is 0 Å². The highest BCUT2D eigenvalue weighted by molar-refractivity contribution is 6.28. The van der Waals surface area contributed by atoms with Crippen molar-refractivity contribution in [3.05, 3.63) is 22.7 Å². The fourth-order valence-electron chi connectivity index (χ4n) is 1.27. The first-order valence-corrected chi connectivity index (χ1v) is 5.37. The lowest BCUT2D eigenvalue weighted by molar-refractivity contribution is -0.159. The van der Waals surface area contributed by atoms with Gasteiger partial charge in [-0.3, -0.25) is 0 Å². The Kier molecular flexibility index (Phi) is 4.80. The summed E-state index contributed by atoms with van der Waals surface area (Å²) in [7, 11) is 0. The minimum atomic E-state index is -1.67. The third-order valence-electron chi connectivity index (χ3n) is 2.13. The molecule has 17 heavy (non-hydrogen) atoms. The van der Waals surface area contributed by atoms with E-state index in [4.69, 9.17) is 11.6 Å². The maximum Gasteiger partial charge on any atom is 0.338 e. The van der Waals surface area contributed by atoms with E-state index in [9.17, 15) is 15.0 Å². The topological polar surface area (TPSA) is 92.5 Å². The molecule has 0 saturated heterocycles. The van der Waals surface area contributed by atoms with Gasteiger partial charge in [-0.2, -0.15) is 0 Å². The molecule has 1 rings (SSSR count). The summed E-state index contributed by atoms with van der Waals surface area (Å²) in [5, 5.41) is 19.4. The number of hydrogen-bond acceptors (Lipinski definition) is 6. The summed E-state index contributed by atoms with van der Waals surface area (Å²) in [4.78, 5) is 18.7. The van der Waals surface area contributed by atoms with Gasteiger partial charge in [0, 0.05) is 17.5 Å². The van der Waals surface area contributed by atoms with Crippen LogP contribution in [0.25, 0.3) is 0 Å². The Morgan fingerprint density at radius 3 is 2.76 bits per heavy atom. The Morgan fingerprint density at radius 2 is 2.24 bits per heavy atom. The number of nitrogens with zero attached hydrogens (tertiary/aromatic N) is 2. The lowest BCUT2D eigenvalue weighted by Gasteiger charge is -2.17. The van der Waals surface area contributed by atoms with E-state index >= 15 is 0 Å². The van der Waals surface area contributed by atoms with Crippen molar-refractivity contribution in [3.8, 4) is 0 Å². The molecule has 2 atom stereocenters. The summed E-state index contributed by atoms with van der Waals surface area (Å²) in [6.45, 7) is 3.32. The maximum atomic E-state index is 11.2. The average molecular weight is 261 g/mol. The largest absolute Gasteiger partial charge is 0.464 e. The van der Waals surface area contributed by atoms with Gasteiger partial charge < -0.3 is 14.9 Å². The number of rotatable bonds is 4. The molecular weight excluding hydrogens is 248 g/mol. The van der Waals surface area contributed by atoms with Gasteiger partial charge >= 0.3 is 5.97 Å². The molecule has 2 N–H and O–H groups in total. The lowest BCUT2D eigenvalue weighted by Crippen LogP contribution is -2.30. The number of aliphatic hydroxyl groups is 2. The Labute approximate surface area is 103 Å². The third kappa shape index (κ3) is 3.36. The van der Waals surface area contributed by atoms with Crippen LogP contribution in [0.5, 0.6) is 0 Å². The van der Waals surface area contributed by atoms with Crippen molar-refractivity contribution >= 4 is 17.6 Å². The molecule has 0 aliphatic carbocycles. The van der Waals surface area contributed by atoms with Crippen LogP contribution in [0.4, 0.5) is 0 Å². The van der Waals surface area contributed by atoms with Crippen molar-refractivity contribution < 1.29 is 19.7 Å². The zero-order valence-electron chi connectivity index (χ0n) is 9.42. The number of aromatic nitrogens is 2. The van der Waals surface area contributed by atoms with Crippen LogP contribution < -0.4 is 0 Å². The third-order valence-corrected chi connectivity index (χ3v) is 2.32. The predicted octanol–water partition coefficient (Wildman–Crippen LogP) is 0.396. The van der Waals surface area contributed by atoms with Crippen LogP contribution in [-0.4, -0.2) is 38.9 Å². The Hall–Kier alpha value is -1.24. The smallest absolute Gasteiger partial charge is 0.338 e. The number of aliphatic hydroxyl groups excluding tert-OH is 2. The predicted molar refractivity (Wildman–Crippen MR) is 59.4 cm³/mol. The monoisotopic (exact) mass is 260 g/mol. The molecular formula is C10H13ClN2O4. The highest BCUT2D eigenvalue weighted by Gasteiger charge is 2.28. The van der Waals surface area contributed by atoms with Gasteiger partial charge in [-0.1, -0.05) is 0 Å². The normalized spacial score (nSPS) is 14.2. The number of esters is 1. The minimum absolute atomic E-state index is 0.0316. The quantitative estimate of drug-likeness (QED) is 0.601. The summed E-state index contributed by atoms with van der Waals surface area (Å²) < 4.78 is 4.59. The van der Waals surface area contributed by atoms with Gasteiger partial charge in [-0.25, -0.2) is 14.8 Å². The second kappa shape index (κ2) is 5.90. The van der Waals surface area contributed by atoms with Crippen LogP contribution in [0.3, 0.4) is 0 Å². The molecule has 94 valence electrons. The molecule has 0 spiro atoms. The van der Waals surface area contributed by atoms with Crippen LogP contribution in [-0.2, 0) is 9.53 Å². The Morgan fingerprint density at radius 1 is 1.59 bits per heavy atom. The van der Waals surface area contributed by atoms with Gasteiger partial charge in [0.1, 0.15) is 6.10 Å². The van der Waals surface area contributed by atoms with Crippen LogP contribution in [0.1, 0.15) is 24.3 Å². The van der Waals surface area contributed by atoms with E-state index in [-0.39, 0.29) is 17.5 Å². The van der Waals surface area contributed by atoms with Crippen molar-refractivity contribution in [2.45, 2.75) is 26.1 Å². The molecule has 0 bridgehead atoms. The molecule has 0 saturated carbocycles. The number of halogens is 1. The van der Waals surface area contributed by atoms with E-state index < -0.39 is 18.2 Å². The van der Waals surface area contributed by atoms with Crippen LogP contribution in [0.15, 0.2) is 6.20 Å². The first kappa shape index (κ1) is 13.8. The molecule has 1 aromatic rings. The molecule has 0 aliphatic rings. The van der Waals surface area contributed by atoms with E-state index in [2.05, 4.69) is 14.7 Å². The van der Waals surface area contributed by atoms with Crippen molar-refractivity contribution in [2.24, 2.45) is 0 Å². The van der Waals surface area contributed by atoms with E-state index in [0.29, 0.717) is 5.69 Å². The Bertz CT molecular complexity index is 413. The van der Waals surface area contributed by atoms with Gasteiger partial charge in [0.05, 0.1) is 6.61 Å². The van der Waals surface area contributed by atoms with Gasteiger partial charge in [0.15, 0.2) is 6.10 Å². The molecule has 6 nitrogen and oxygen atoms in total. The van der Waals surface area contributed by atoms with E-state index in [1.165, 1.54) is 6.20 Å². The van der Waals surface area contributed by atoms with Crippen molar-refractivity contribution in [2.75, 3.05) is 6.61 Å². The fraction of sp³-hybridized carbons (Fsp3) is 0.500. The van der Waals surface area contributed by atoms with Gasteiger partial charge in [-0.05, 0) is 25.4 Å². The molecule has 1 aromatic heterocycles.